The second-order valence-electron chi connectivity index (χ2n) is 3.61. The average Bonchev–Trinajstić information content (AvgIpc) is 2.23. The second-order valence-corrected chi connectivity index (χ2v) is 3.61. The first kappa shape index (κ1) is 12.8. The summed E-state index contributed by atoms with van der Waals surface area (Å²) in [6.07, 6.45) is -5.62. The van der Waals surface area contributed by atoms with Crippen LogP contribution in [0.1, 0.15) is 13.3 Å². The molecule has 0 radical (unpaired) electrons. The van der Waals surface area contributed by atoms with Crippen molar-refractivity contribution in [3.8, 4) is 0 Å². The van der Waals surface area contributed by atoms with Crippen LogP contribution in [0.25, 0.3) is 0 Å². The molecule has 0 aromatic carbocycles. The fraction of sp³-hybridized carbons (Fsp3) is 1.00. The van der Waals surface area contributed by atoms with Crippen LogP contribution in [0.3, 0.4) is 0 Å². The Labute approximate surface area is 88.1 Å². The zero-order valence-corrected chi connectivity index (χ0v) is 8.61. The molecule has 6 nitrogen and oxygen atoms in total. The Bertz CT molecular complexity index is 187. The Hall–Kier alpha value is -0.240. The van der Waals surface area contributed by atoms with Crippen LogP contribution in [0.5, 0.6) is 0 Å². The molecule has 0 saturated carbocycles. The van der Waals surface area contributed by atoms with Crippen molar-refractivity contribution < 1.29 is 29.9 Å². The van der Waals surface area contributed by atoms with Gasteiger partial charge in [-0.2, -0.15) is 0 Å². The van der Waals surface area contributed by atoms with Crippen LogP contribution in [-0.4, -0.2) is 64.3 Å². The van der Waals surface area contributed by atoms with Gasteiger partial charge in [0.05, 0.1) is 6.61 Å². The molecule has 1 aliphatic rings. The van der Waals surface area contributed by atoms with Crippen molar-refractivity contribution in [3.05, 3.63) is 0 Å². The van der Waals surface area contributed by atoms with E-state index in [0.717, 1.165) is 6.42 Å². The van der Waals surface area contributed by atoms with E-state index in [0.29, 0.717) is 6.61 Å². The monoisotopic (exact) mass is 222 g/mol. The standard InChI is InChI=1S/C9H18O6/c1-2-3-14-4-5-6(10)7(11)8(12)9(13)15-5/h5-13H,2-4H2,1H3/t5-,6+,7?,8-,9?/m0/s1. The molecule has 2 unspecified atom stereocenters. The molecule has 0 spiro atoms. The Morgan fingerprint density at radius 3 is 2.33 bits per heavy atom. The summed E-state index contributed by atoms with van der Waals surface area (Å²) in [6.45, 7) is 2.53. The van der Waals surface area contributed by atoms with Crippen molar-refractivity contribution in [1.82, 2.24) is 0 Å². The van der Waals surface area contributed by atoms with E-state index in [-0.39, 0.29) is 6.61 Å². The molecule has 0 bridgehead atoms. The minimum atomic E-state index is -1.49. The third-order valence-corrected chi connectivity index (χ3v) is 2.32. The summed E-state index contributed by atoms with van der Waals surface area (Å²) in [7, 11) is 0. The molecule has 4 N–H and O–H groups in total. The molecule has 15 heavy (non-hydrogen) atoms. The Morgan fingerprint density at radius 1 is 1.07 bits per heavy atom. The van der Waals surface area contributed by atoms with E-state index in [4.69, 9.17) is 9.47 Å². The molecular weight excluding hydrogens is 204 g/mol. The molecule has 0 aromatic rings. The van der Waals surface area contributed by atoms with Crippen LogP contribution >= 0.6 is 0 Å². The first-order chi connectivity index (χ1) is 7.07. The lowest BCUT2D eigenvalue weighted by atomic mass is 9.99. The van der Waals surface area contributed by atoms with Crippen LogP contribution in [-0.2, 0) is 9.47 Å². The molecular formula is C9H18O6. The third-order valence-electron chi connectivity index (χ3n) is 2.32. The highest BCUT2D eigenvalue weighted by molar-refractivity contribution is 4.88. The maximum absolute atomic E-state index is 9.50. The summed E-state index contributed by atoms with van der Waals surface area (Å²) >= 11 is 0. The number of aliphatic hydroxyl groups excluding tert-OH is 4. The van der Waals surface area contributed by atoms with Crippen LogP contribution in [0.4, 0.5) is 0 Å². The van der Waals surface area contributed by atoms with Gasteiger partial charge in [-0.3, -0.25) is 0 Å². The predicted octanol–water partition coefficient (Wildman–Crippen LogP) is -1.79. The average molecular weight is 222 g/mol. The van der Waals surface area contributed by atoms with Crippen LogP contribution in [0.2, 0.25) is 0 Å². The van der Waals surface area contributed by atoms with Crippen LogP contribution in [0, 0.1) is 0 Å². The van der Waals surface area contributed by atoms with Gasteiger partial charge in [0.2, 0.25) is 0 Å². The van der Waals surface area contributed by atoms with Gasteiger partial charge < -0.3 is 29.9 Å². The number of aliphatic hydroxyl groups is 4. The minimum Gasteiger partial charge on any atom is -0.387 e. The fourth-order valence-electron chi connectivity index (χ4n) is 1.41. The molecule has 1 heterocycles. The maximum atomic E-state index is 9.50. The maximum Gasteiger partial charge on any atom is 0.184 e. The van der Waals surface area contributed by atoms with E-state index in [1.807, 2.05) is 6.92 Å². The second kappa shape index (κ2) is 5.74. The van der Waals surface area contributed by atoms with E-state index in [1.54, 1.807) is 0 Å². The summed E-state index contributed by atoms with van der Waals surface area (Å²) in [5.41, 5.74) is 0. The van der Waals surface area contributed by atoms with Crippen molar-refractivity contribution in [1.29, 1.82) is 0 Å². The Morgan fingerprint density at radius 2 is 1.73 bits per heavy atom. The van der Waals surface area contributed by atoms with Gasteiger partial charge >= 0.3 is 0 Å². The summed E-state index contributed by atoms with van der Waals surface area (Å²) in [6, 6.07) is 0. The number of ether oxygens (including phenoxy) is 2. The third kappa shape index (κ3) is 3.10. The zero-order valence-electron chi connectivity index (χ0n) is 8.61. The molecule has 1 rings (SSSR count). The first-order valence-corrected chi connectivity index (χ1v) is 5.03. The molecule has 5 atom stereocenters. The Balaban J connectivity index is 2.43. The van der Waals surface area contributed by atoms with Crippen LogP contribution < -0.4 is 0 Å². The van der Waals surface area contributed by atoms with Crippen LogP contribution in [0.15, 0.2) is 0 Å². The number of hydrogen-bond donors (Lipinski definition) is 4. The van der Waals surface area contributed by atoms with Gasteiger partial charge in [0.15, 0.2) is 6.29 Å². The van der Waals surface area contributed by atoms with Gasteiger partial charge in [-0.05, 0) is 6.42 Å². The van der Waals surface area contributed by atoms with Gasteiger partial charge in [-0.1, -0.05) is 6.92 Å². The molecule has 90 valence electrons. The smallest absolute Gasteiger partial charge is 0.184 e. The molecule has 6 heteroatoms. The van der Waals surface area contributed by atoms with Gasteiger partial charge in [-0.15, -0.1) is 0 Å². The summed E-state index contributed by atoms with van der Waals surface area (Å²) < 4.78 is 10.0. The SMILES string of the molecule is CCCOC[C@@H]1OC(O)[C@@H](O)C(O)[C@@H]1O. The minimum absolute atomic E-state index is 0.0792. The molecule has 0 aliphatic carbocycles. The largest absolute Gasteiger partial charge is 0.387 e. The van der Waals surface area contributed by atoms with E-state index < -0.39 is 30.7 Å². The van der Waals surface area contributed by atoms with Gasteiger partial charge in [0.1, 0.15) is 24.4 Å². The predicted molar refractivity (Wildman–Crippen MR) is 50.0 cm³/mol. The quantitative estimate of drug-likeness (QED) is 0.419. The summed E-state index contributed by atoms with van der Waals surface area (Å²) in [5.74, 6) is 0. The summed E-state index contributed by atoms with van der Waals surface area (Å²) in [5, 5.41) is 37.2. The lowest BCUT2D eigenvalue weighted by molar-refractivity contribution is -0.288. The summed E-state index contributed by atoms with van der Waals surface area (Å²) in [4.78, 5) is 0. The lowest BCUT2D eigenvalue weighted by Gasteiger charge is -2.38. The van der Waals surface area contributed by atoms with E-state index in [1.165, 1.54) is 0 Å². The van der Waals surface area contributed by atoms with Crippen molar-refractivity contribution >= 4 is 0 Å². The van der Waals surface area contributed by atoms with Crippen molar-refractivity contribution in [3.63, 3.8) is 0 Å². The lowest BCUT2D eigenvalue weighted by Crippen LogP contribution is -2.58. The fourth-order valence-corrected chi connectivity index (χ4v) is 1.41. The van der Waals surface area contributed by atoms with E-state index in [9.17, 15) is 20.4 Å². The molecule has 1 fully saturated rings. The van der Waals surface area contributed by atoms with Crippen molar-refractivity contribution in [2.75, 3.05) is 13.2 Å². The molecule has 0 amide bonds. The normalized spacial score (nSPS) is 41.8. The van der Waals surface area contributed by atoms with Gasteiger partial charge in [0, 0.05) is 6.61 Å². The first-order valence-electron chi connectivity index (χ1n) is 5.03. The van der Waals surface area contributed by atoms with E-state index in [2.05, 4.69) is 0 Å². The van der Waals surface area contributed by atoms with Gasteiger partial charge in [-0.25, -0.2) is 0 Å². The van der Waals surface area contributed by atoms with Crippen molar-refractivity contribution in [2.24, 2.45) is 0 Å². The highest BCUT2D eigenvalue weighted by Gasteiger charge is 2.42. The van der Waals surface area contributed by atoms with E-state index >= 15 is 0 Å². The molecule has 1 aliphatic heterocycles. The highest BCUT2D eigenvalue weighted by Crippen LogP contribution is 2.19. The number of hydrogen-bond acceptors (Lipinski definition) is 6. The molecule has 1 saturated heterocycles. The molecule has 0 aromatic heterocycles. The topological polar surface area (TPSA) is 99.4 Å². The highest BCUT2D eigenvalue weighted by atomic mass is 16.6. The van der Waals surface area contributed by atoms with Gasteiger partial charge in [0.25, 0.3) is 0 Å². The van der Waals surface area contributed by atoms with Crippen molar-refractivity contribution in [2.45, 2.75) is 44.1 Å². The zero-order chi connectivity index (χ0) is 11.4. The Kier molecular flexibility index (Phi) is 4.91. The number of rotatable bonds is 4.